The molecule has 2 aliphatic heterocycles. The van der Waals surface area contributed by atoms with E-state index in [9.17, 15) is 19.5 Å². The number of aryl methyl sites for hydroxylation is 3. The number of ether oxygens (including phenoxy) is 2. The molecule has 2 aromatic carbocycles. The normalized spacial score (nSPS) is 19.8. The largest absolute Gasteiger partial charge is 0.482 e. The Hall–Kier alpha value is -6.47. The Kier molecular flexibility index (Phi) is 14.7. The van der Waals surface area contributed by atoms with E-state index in [4.69, 9.17) is 26.1 Å². The molecule has 4 aromatic heterocycles. The van der Waals surface area contributed by atoms with Gasteiger partial charge in [0.25, 0.3) is 5.91 Å². The van der Waals surface area contributed by atoms with E-state index in [2.05, 4.69) is 68.7 Å². The van der Waals surface area contributed by atoms with E-state index in [1.165, 1.54) is 11.1 Å². The third kappa shape index (κ3) is 11.0. The monoisotopic (exact) mass is 1030 g/mol. The number of likely N-dealkylation sites (tertiary alicyclic amines) is 1. The highest BCUT2D eigenvalue weighted by atomic mass is 35.5. The summed E-state index contributed by atoms with van der Waals surface area (Å²) < 4.78 is 13.9. The first kappa shape index (κ1) is 50.5. The summed E-state index contributed by atoms with van der Waals surface area (Å²) in [5.74, 6) is 1.13. The third-order valence-electron chi connectivity index (χ3n) is 13.4. The van der Waals surface area contributed by atoms with Crippen molar-refractivity contribution in [3.8, 4) is 27.1 Å². The number of pyridine rings is 1. The first-order chi connectivity index (χ1) is 34.4. The second-order valence-electron chi connectivity index (χ2n) is 19.8. The fraction of sp³-hybridized carbons (Fsp3) is 0.396. The molecule has 0 bridgehead atoms. The van der Waals surface area contributed by atoms with Gasteiger partial charge in [0.05, 0.1) is 46.6 Å². The van der Waals surface area contributed by atoms with Crippen LogP contribution in [-0.2, 0) is 20.9 Å². The SMILES string of the molecule is C=C(NCc1ccc(-c2scnc2C)cc1)[C@@H]1C[C@@H](O)CN1C(=O)[C@@H](NC(=O)COc1ccc(OC2CC(NC(=O)C[C@@H]3N=C(c4ccc(Cl)cc4)c4c(sc(C)c4C)-n4c(C)nnc43)C2)nc1)C(C)(C)C. The Balaban J connectivity index is 0.744. The summed E-state index contributed by atoms with van der Waals surface area (Å²) in [7, 11) is 0. The van der Waals surface area contributed by atoms with Gasteiger partial charge < -0.3 is 35.4 Å². The Morgan fingerprint density at radius 3 is 2.36 bits per heavy atom. The standard InChI is InChI=1S/C53H59ClN10O6S2/c1-28-31(4)72-52-46(28)47(34-13-15-36(54)16-14-34)59-41(50-62-61-32(5)64(50)52)22-43(66)58-37-19-40(20-37)70-45-18-17-39(24-56-45)69-26-44(67)60-49(53(6,7)8)51(68)63-25-38(65)21-42(63)29(2)55-23-33-9-11-35(12-10-33)48-30(3)57-27-71-48/h9-18,24,27,37-38,40-42,49,55,65H,2,19-23,25-26H2,1,3-8H3,(H,58,66)(H,60,67)/t37?,38-,40?,41+,42+,49-/m1/s1. The number of hydrogen-bond donors (Lipinski definition) is 4. The van der Waals surface area contributed by atoms with E-state index >= 15 is 0 Å². The molecular formula is C53H59ClN10O6S2. The fourth-order valence-electron chi connectivity index (χ4n) is 9.31. The van der Waals surface area contributed by atoms with Crippen molar-refractivity contribution in [1.82, 2.24) is 45.6 Å². The van der Waals surface area contributed by atoms with Crippen molar-refractivity contribution in [2.24, 2.45) is 10.4 Å². The maximum absolute atomic E-state index is 14.2. The average Bonchev–Trinajstić information content (AvgIpc) is 4.11. The minimum absolute atomic E-state index is 0.0849. The van der Waals surface area contributed by atoms with Gasteiger partial charge in [-0.25, -0.2) is 9.97 Å². The number of benzene rings is 2. The number of thiazole rings is 1. The van der Waals surface area contributed by atoms with Gasteiger partial charge in [-0.2, -0.15) is 0 Å². The second kappa shape index (κ2) is 20.9. The van der Waals surface area contributed by atoms with Crippen LogP contribution in [0.25, 0.3) is 15.4 Å². The first-order valence-electron chi connectivity index (χ1n) is 24.0. The number of halogens is 1. The number of β-amino-alcohol motifs (C(OH)–C–C–N with tert-alkyl or cyclic N) is 1. The summed E-state index contributed by atoms with van der Waals surface area (Å²) in [6.45, 7) is 18.2. The lowest BCUT2D eigenvalue weighted by atomic mass is 9.85. The van der Waals surface area contributed by atoms with E-state index in [0.717, 1.165) is 54.9 Å². The number of aliphatic hydroxyl groups excluding tert-OH is 1. The Morgan fingerprint density at radius 2 is 1.68 bits per heavy atom. The number of fused-ring (bicyclic) bond motifs is 3. The van der Waals surface area contributed by atoms with Crippen molar-refractivity contribution in [3.63, 3.8) is 0 Å². The van der Waals surface area contributed by atoms with Crippen LogP contribution in [-0.4, -0.2) is 102 Å². The zero-order valence-corrected chi connectivity index (χ0v) is 43.8. The number of thiophene rings is 1. The minimum atomic E-state index is -0.908. The highest BCUT2D eigenvalue weighted by molar-refractivity contribution is 7.15. The Labute approximate surface area is 432 Å². The van der Waals surface area contributed by atoms with Crippen LogP contribution < -0.4 is 25.4 Å². The molecule has 9 rings (SSSR count). The first-order valence-corrected chi connectivity index (χ1v) is 26.1. The molecule has 376 valence electrons. The predicted octanol–water partition coefficient (Wildman–Crippen LogP) is 7.92. The molecule has 16 nitrogen and oxygen atoms in total. The van der Waals surface area contributed by atoms with Crippen LogP contribution >= 0.6 is 34.3 Å². The van der Waals surface area contributed by atoms with Gasteiger partial charge in [-0.15, -0.1) is 32.9 Å². The lowest BCUT2D eigenvalue weighted by Crippen LogP contribution is -2.57. The smallest absolute Gasteiger partial charge is 0.258 e. The summed E-state index contributed by atoms with van der Waals surface area (Å²) in [6.07, 6.45) is 2.19. The summed E-state index contributed by atoms with van der Waals surface area (Å²) in [5.41, 5.74) is 8.75. The van der Waals surface area contributed by atoms with Crippen molar-refractivity contribution in [2.75, 3.05) is 13.2 Å². The van der Waals surface area contributed by atoms with Crippen molar-refractivity contribution in [2.45, 2.75) is 117 Å². The number of carbonyl (C=O) groups is 3. The molecular weight excluding hydrogens is 972 g/mol. The lowest BCUT2D eigenvalue weighted by molar-refractivity contribution is -0.140. The predicted molar refractivity (Wildman–Crippen MR) is 279 cm³/mol. The molecule has 4 N–H and O–H groups in total. The number of aromatic nitrogens is 5. The number of rotatable bonds is 16. The number of carbonyl (C=O) groups excluding carboxylic acids is 3. The Bertz CT molecular complexity index is 3010. The number of hydrogen-bond acceptors (Lipinski definition) is 14. The summed E-state index contributed by atoms with van der Waals surface area (Å²) in [5, 5.41) is 30.7. The van der Waals surface area contributed by atoms with Crippen LogP contribution in [0.2, 0.25) is 5.02 Å². The van der Waals surface area contributed by atoms with Crippen LogP contribution in [0, 0.1) is 33.1 Å². The summed E-state index contributed by atoms with van der Waals surface area (Å²) in [6, 6.07) is 17.1. The van der Waals surface area contributed by atoms with Crippen LogP contribution in [0.1, 0.15) is 97.0 Å². The van der Waals surface area contributed by atoms with Crippen molar-refractivity contribution < 1.29 is 29.0 Å². The number of aliphatic hydroxyl groups is 1. The number of nitrogens with zero attached hydrogens (tertiary/aromatic N) is 7. The zero-order chi connectivity index (χ0) is 51.0. The lowest BCUT2D eigenvalue weighted by Gasteiger charge is -2.36. The van der Waals surface area contributed by atoms with Gasteiger partial charge in [0, 0.05) is 71.2 Å². The van der Waals surface area contributed by atoms with Gasteiger partial charge in [0.2, 0.25) is 17.7 Å². The van der Waals surface area contributed by atoms with Gasteiger partial charge >= 0.3 is 0 Å². The molecule has 4 atom stereocenters. The molecule has 19 heteroatoms. The molecule has 0 spiro atoms. The molecule has 6 heterocycles. The van der Waals surface area contributed by atoms with Crippen molar-refractivity contribution >= 4 is 57.7 Å². The highest BCUT2D eigenvalue weighted by Gasteiger charge is 2.43. The molecule has 72 heavy (non-hydrogen) atoms. The summed E-state index contributed by atoms with van der Waals surface area (Å²) >= 11 is 9.53. The van der Waals surface area contributed by atoms with Crippen molar-refractivity contribution in [1.29, 1.82) is 0 Å². The Morgan fingerprint density at radius 1 is 0.944 bits per heavy atom. The van der Waals surface area contributed by atoms with Gasteiger partial charge in [-0.3, -0.25) is 23.9 Å². The van der Waals surface area contributed by atoms with Crippen LogP contribution in [0.4, 0.5) is 0 Å². The zero-order valence-electron chi connectivity index (χ0n) is 41.4. The highest BCUT2D eigenvalue weighted by Crippen LogP contribution is 2.40. The maximum Gasteiger partial charge on any atom is 0.258 e. The van der Waals surface area contributed by atoms with Crippen LogP contribution in [0.3, 0.4) is 0 Å². The molecule has 1 aliphatic carbocycles. The van der Waals surface area contributed by atoms with E-state index in [-0.39, 0.29) is 43.5 Å². The molecule has 2 fully saturated rings. The van der Waals surface area contributed by atoms with E-state index in [1.54, 1.807) is 39.7 Å². The minimum Gasteiger partial charge on any atom is -0.482 e. The number of aliphatic imine (C=N–C) groups is 1. The molecule has 3 amide bonds. The fourth-order valence-corrected chi connectivity index (χ4v) is 11.5. The maximum atomic E-state index is 14.2. The average molecular weight is 1030 g/mol. The molecule has 3 aliphatic rings. The van der Waals surface area contributed by atoms with Gasteiger partial charge in [0.15, 0.2) is 12.4 Å². The molecule has 0 radical (unpaired) electrons. The molecule has 0 unspecified atom stereocenters. The van der Waals surface area contributed by atoms with E-state index in [1.807, 2.05) is 81.1 Å². The van der Waals surface area contributed by atoms with Crippen molar-refractivity contribution in [3.05, 3.63) is 134 Å². The van der Waals surface area contributed by atoms with E-state index in [0.29, 0.717) is 54.0 Å². The van der Waals surface area contributed by atoms with Gasteiger partial charge in [0.1, 0.15) is 34.8 Å². The molecule has 6 aromatic rings. The number of nitrogens with one attached hydrogen (secondary N) is 3. The van der Waals surface area contributed by atoms with Crippen LogP contribution in [0.5, 0.6) is 11.6 Å². The van der Waals surface area contributed by atoms with Crippen LogP contribution in [0.15, 0.2) is 89.6 Å². The third-order valence-corrected chi connectivity index (χ3v) is 15.8. The van der Waals surface area contributed by atoms with E-state index < -0.39 is 35.6 Å². The molecule has 1 saturated heterocycles. The quantitative estimate of drug-likeness (QED) is 0.0735. The molecule has 1 saturated carbocycles. The van der Waals surface area contributed by atoms with Gasteiger partial charge in [-0.1, -0.05) is 75.3 Å². The second-order valence-corrected chi connectivity index (χ2v) is 22.3. The van der Waals surface area contributed by atoms with Gasteiger partial charge in [-0.05, 0) is 68.0 Å². The topological polar surface area (TPSA) is 198 Å². The number of amides is 3. The summed E-state index contributed by atoms with van der Waals surface area (Å²) in [4.78, 5) is 59.1.